The highest BCUT2D eigenvalue weighted by Crippen LogP contribution is 2.28. The van der Waals surface area contributed by atoms with Crippen molar-refractivity contribution in [3.05, 3.63) is 82.5 Å². The van der Waals surface area contributed by atoms with Crippen LogP contribution < -0.4 is 16.0 Å². The fraction of sp³-hybridized carbons (Fsp3) is 0.478. The summed E-state index contributed by atoms with van der Waals surface area (Å²) in [7, 11) is 2.57. The number of amides is 3. The van der Waals surface area contributed by atoms with E-state index in [1.54, 1.807) is 55.4 Å². The summed E-state index contributed by atoms with van der Waals surface area (Å²) in [4.78, 5) is 94.4. The molecule has 25 heteroatoms. The molecule has 0 unspecified atom stereocenters. The van der Waals surface area contributed by atoms with Crippen LogP contribution in [0.5, 0.6) is 0 Å². The van der Waals surface area contributed by atoms with E-state index in [0.717, 1.165) is 5.01 Å². The summed E-state index contributed by atoms with van der Waals surface area (Å²) >= 11 is 7.53. The van der Waals surface area contributed by atoms with Crippen molar-refractivity contribution >= 4 is 80.6 Å². The zero-order chi connectivity index (χ0) is 52.5. The molecule has 3 N–H and O–H groups in total. The Bertz CT molecular complexity index is 2620. The van der Waals surface area contributed by atoms with Gasteiger partial charge in [-0.3, -0.25) is 24.4 Å². The molecular formula is C46H59ClF2N12O9S. The van der Waals surface area contributed by atoms with Crippen molar-refractivity contribution in [2.75, 3.05) is 56.3 Å². The number of hydrogen-bond acceptors (Lipinski definition) is 19. The monoisotopic (exact) mass is 1030 g/mol. The summed E-state index contributed by atoms with van der Waals surface area (Å²) in [6.45, 7) is 14.3. The number of thiazole rings is 1. The Balaban J connectivity index is 0.000000309. The van der Waals surface area contributed by atoms with Crippen molar-refractivity contribution in [2.45, 2.75) is 92.5 Å². The van der Waals surface area contributed by atoms with E-state index in [1.165, 1.54) is 84.7 Å². The minimum absolute atomic E-state index is 0.00742. The summed E-state index contributed by atoms with van der Waals surface area (Å²) in [5.41, 5.74) is -0.389. The smallest absolute Gasteiger partial charge is 0.410 e. The topological polar surface area (TPSA) is 255 Å². The number of nitrogens with zero attached hydrogens (tertiary/aromatic N) is 9. The van der Waals surface area contributed by atoms with Gasteiger partial charge in [0.15, 0.2) is 16.8 Å². The van der Waals surface area contributed by atoms with Gasteiger partial charge < -0.3 is 44.7 Å². The number of halogens is 3. The molecule has 5 aromatic heterocycles. The van der Waals surface area contributed by atoms with E-state index in [0.29, 0.717) is 22.6 Å². The highest BCUT2D eigenvalue weighted by molar-refractivity contribution is 7.18. The molecule has 0 saturated heterocycles. The lowest BCUT2D eigenvalue weighted by atomic mass is 10.1. The van der Waals surface area contributed by atoms with Crippen LogP contribution >= 0.6 is 22.9 Å². The normalized spacial score (nSPS) is 12.1. The molecule has 0 aliphatic rings. The van der Waals surface area contributed by atoms with Gasteiger partial charge in [0.1, 0.15) is 51.5 Å². The summed E-state index contributed by atoms with van der Waals surface area (Å²) in [6, 6.07) is 5.62. The average molecular weight is 1030 g/mol. The molecule has 0 fully saturated rings. The zero-order valence-corrected chi connectivity index (χ0v) is 42.7. The first-order chi connectivity index (χ1) is 33.5. The van der Waals surface area contributed by atoms with Crippen molar-refractivity contribution in [3.63, 3.8) is 0 Å². The van der Waals surface area contributed by atoms with Crippen LogP contribution in [0.1, 0.15) is 78.2 Å². The number of anilines is 3. The Morgan fingerprint density at radius 3 is 1.72 bits per heavy atom. The lowest BCUT2D eigenvalue weighted by Crippen LogP contribution is -2.42. The maximum atomic E-state index is 13.9. The van der Waals surface area contributed by atoms with Gasteiger partial charge in [-0.05, 0) is 65.8 Å². The molecule has 0 aromatic carbocycles. The molecule has 0 aliphatic heterocycles. The lowest BCUT2D eigenvalue weighted by Gasteiger charge is -2.28. The van der Waals surface area contributed by atoms with Gasteiger partial charge in [-0.15, -0.1) is 0 Å². The fourth-order valence-electron chi connectivity index (χ4n) is 6.12. The predicted octanol–water partition coefficient (Wildman–Crippen LogP) is 7.47. The van der Waals surface area contributed by atoms with E-state index < -0.39 is 64.7 Å². The molecule has 0 aliphatic carbocycles. The predicted molar refractivity (Wildman–Crippen MR) is 260 cm³/mol. The first-order valence-electron chi connectivity index (χ1n) is 22.2. The van der Waals surface area contributed by atoms with Gasteiger partial charge >= 0.3 is 24.1 Å². The van der Waals surface area contributed by atoms with E-state index in [-0.39, 0.29) is 73.7 Å². The van der Waals surface area contributed by atoms with Crippen molar-refractivity contribution < 1.29 is 51.7 Å². The number of pyridine rings is 2. The van der Waals surface area contributed by atoms with E-state index in [9.17, 15) is 32.8 Å². The Hall–Kier alpha value is -6.95. The van der Waals surface area contributed by atoms with E-state index in [2.05, 4.69) is 50.8 Å². The van der Waals surface area contributed by atoms with Crippen LogP contribution in [0.15, 0.2) is 49.3 Å². The third-order valence-corrected chi connectivity index (χ3v) is 10.8. The minimum atomic E-state index is -0.769. The molecule has 71 heavy (non-hydrogen) atoms. The first kappa shape index (κ1) is 56.6. The number of esters is 2. The van der Waals surface area contributed by atoms with Gasteiger partial charge in [0.05, 0.1) is 55.5 Å². The molecule has 0 bridgehead atoms. The number of nitrogens with one attached hydrogen (secondary N) is 3. The quantitative estimate of drug-likeness (QED) is 0.0412. The maximum absolute atomic E-state index is 13.9. The zero-order valence-electron chi connectivity index (χ0n) is 41.2. The van der Waals surface area contributed by atoms with Crippen molar-refractivity contribution in [3.8, 4) is 0 Å². The van der Waals surface area contributed by atoms with Crippen LogP contribution in [0.3, 0.4) is 0 Å². The van der Waals surface area contributed by atoms with Crippen LogP contribution in [0, 0.1) is 23.5 Å². The highest BCUT2D eigenvalue weighted by Gasteiger charge is 2.29. The highest BCUT2D eigenvalue weighted by atomic mass is 35.5. The number of carbonyl (C=O) groups excluding carboxylic acids is 5. The molecule has 0 spiro atoms. The molecule has 5 aromatic rings. The largest absolute Gasteiger partial charge is 0.469 e. The number of ether oxygens (including phenoxy) is 4. The summed E-state index contributed by atoms with van der Waals surface area (Å²) in [5, 5.41) is 9.26. The van der Waals surface area contributed by atoms with Gasteiger partial charge in [-0.1, -0.05) is 36.8 Å². The van der Waals surface area contributed by atoms with Crippen molar-refractivity contribution in [1.29, 1.82) is 0 Å². The van der Waals surface area contributed by atoms with Gasteiger partial charge in [0, 0.05) is 51.4 Å². The minimum Gasteiger partial charge on any atom is -0.469 e. The van der Waals surface area contributed by atoms with Gasteiger partial charge in [-0.2, -0.15) is 0 Å². The van der Waals surface area contributed by atoms with E-state index in [1.807, 2.05) is 0 Å². The molecule has 0 radical (unpaired) electrons. The maximum Gasteiger partial charge on any atom is 0.410 e. The average Bonchev–Trinajstić information content (AvgIpc) is 3.74. The molecule has 0 saturated carbocycles. The number of carbonyl (C=O) groups is 5. The summed E-state index contributed by atoms with van der Waals surface area (Å²) < 4.78 is 48.2. The molecule has 2 atom stereocenters. The second-order valence-corrected chi connectivity index (χ2v) is 19.1. The molecule has 384 valence electrons. The Morgan fingerprint density at radius 2 is 1.21 bits per heavy atom. The van der Waals surface area contributed by atoms with Crippen LogP contribution in [0.2, 0.25) is 5.15 Å². The van der Waals surface area contributed by atoms with Gasteiger partial charge in [0.25, 0.3) is 0 Å². The Morgan fingerprint density at radius 1 is 0.718 bits per heavy atom. The van der Waals surface area contributed by atoms with Crippen molar-refractivity contribution in [2.24, 2.45) is 11.8 Å². The van der Waals surface area contributed by atoms with Crippen LogP contribution in [0.4, 0.5) is 35.7 Å². The second kappa shape index (κ2) is 26.3. The number of methoxy groups -OCH3 is 2. The van der Waals surface area contributed by atoms with Crippen molar-refractivity contribution in [1.82, 2.24) is 44.7 Å². The van der Waals surface area contributed by atoms with Crippen LogP contribution in [-0.2, 0) is 52.8 Å². The fourth-order valence-corrected chi connectivity index (χ4v) is 7.20. The van der Waals surface area contributed by atoms with Crippen LogP contribution in [0.25, 0.3) is 10.3 Å². The third-order valence-electron chi connectivity index (χ3n) is 9.52. The molecule has 3 amide bonds. The second-order valence-electron chi connectivity index (χ2n) is 17.7. The lowest BCUT2D eigenvalue weighted by molar-refractivity contribution is -0.146. The first-order valence-corrected chi connectivity index (χ1v) is 23.4. The standard InChI is InChI=1S/C23H30ClFN6O5.C23H29FN6O4S/c1-14(21(33)35-5)12-31(22(34)36-23(2,3)4)10-8-17(32)30-18-19(24)28-13-29-20(18)27-11-16-15(25)7-6-9-26-16;1-14(21(31)33-5)12-30(22(32)34-23(2,3)4)10-8-17-29-18-19(27-13-28-20(18)35-17)26-11-16-15(24)7-6-9-25-16/h6-7,9,13-14H,8,10-12H2,1-5H3,(H,30,32)(H,27,28,29);6-7,9,13-14H,8,10-12H2,1-5H3,(H,26,27,28)/t2*14-/m00/s1. The summed E-state index contributed by atoms with van der Waals surface area (Å²) in [6.07, 6.45) is 4.65. The summed E-state index contributed by atoms with van der Waals surface area (Å²) in [5.74, 6) is -2.84. The molecular weight excluding hydrogens is 970 g/mol. The Labute approximate surface area is 418 Å². The third kappa shape index (κ3) is 18.4. The Kier molecular flexibility index (Phi) is 21.0. The van der Waals surface area contributed by atoms with E-state index in [4.69, 9.17) is 30.5 Å². The molecule has 5 heterocycles. The van der Waals surface area contributed by atoms with Gasteiger partial charge in [-0.25, -0.2) is 43.3 Å². The van der Waals surface area contributed by atoms with Crippen LogP contribution in [-0.4, -0.2) is 126 Å². The number of hydrogen-bond donors (Lipinski definition) is 3. The molecule has 5 rings (SSSR count). The van der Waals surface area contributed by atoms with E-state index >= 15 is 0 Å². The number of fused-ring (bicyclic) bond motifs is 1. The number of rotatable bonds is 19. The van der Waals surface area contributed by atoms with Gasteiger partial charge in [0.2, 0.25) is 5.91 Å². The number of aromatic nitrogens is 7. The SMILES string of the molecule is COC(=O)[C@@H](C)CN(CCC(=O)Nc1c(Cl)ncnc1NCc1ncccc1F)C(=O)OC(C)(C)C.COC(=O)[C@@H](C)CN(CCc1nc2c(NCc3ncccc3F)ncnc2s1)C(=O)OC(C)(C)C. The molecule has 21 nitrogen and oxygen atoms in total.